The van der Waals surface area contributed by atoms with Crippen molar-refractivity contribution in [1.29, 1.82) is 0 Å². The SMILES string of the molecule is O=C(N[C@H]1C[C@H](COCCN2CCOCC2)C[C@H]1NC(=O)c1ccc(Cl)s1)c1ccc(-n2ccccc2=O)cc1. The third-order valence-corrected chi connectivity index (χ3v) is 8.56. The first kappa shape index (κ1) is 28.5. The van der Waals surface area contributed by atoms with E-state index in [0.717, 1.165) is 32.8 Å². The topological polar surface area (TPSA) is 102 Å². The van der Waals surface area contributed by atoms with Crippen LogP contribution < -0.4 is 16.2 Å². The summed E-state index contributed by atoms with van der Waals surface area (Å²) < 4.78 is 13.5. The Morgan fingerprint density at radius 1 is 0.975 bits per heavy atom. The molecule has 2 N–H and O–H groups in total. The van der Waals surface area contributed by atoms with E-state index in [0.29, 0.717) is 46.5 Å². The van der Waals surface area contributed by atoms with Gasteiger partial charge in [0.2, 0.25) is 0 Å². The minimum absolute atomic E-state index is 0.144. The number of morpholine rings is 1. The Hall–Kier alpha value is -3.02. The quantitative estimate of drug-likeness (QED) is 0.355. The third kappa shape index (κ3) is 7.38. The number of pyridine rings is 1. The molecular formula is C29H33ClN4O5S. The van der Waals surface area contributed by atoms with Crippen LogP contribution in [-0.2, 0) is 9.47 Å². The van der Waals surface area contributed by atoms with Gasteiger partial charge in [-0.15, -0.1) is 11.3 Å². The van der Waals surface area contributed by atoms with Gasteiger partial charge in [-0.05, 0) is 61.2 Å². The summed E-state index contributed by atoms with van der Waals surface area (Å²) in [7, 11) is 0. The lowest BCUT2D eigenvalue weighted by molar-refractivity contribution is 0.0158. The van der Waals surface area contributed by atoms with Crippen molar-refractivity contribution >= 4 is 34.8 Å². The maximum atomic E-state index is 13.2. The molecule has 0 radical (unpaired) electrons. The minimum Gasteiger partial charge on any atom is -0.380 e. The number of amides is 2. The summed E-state index contributed by atoms with van der Waals surface area (Å²) in [6.45, 7) is 5.42. The number of carbonyl (C=O) groups excluding carboxylic acids is 2. The lowest BCUT2D eigenvalue weighted by Crippen LogP contribution is -2.48. The highest BCUT2D eigenvalue weighted by Gasteiger charge is 2.36. The summed E-state index contributed by atoms with van der Waals surface area (Å²) in [5, 5.41) is 6.23. The molecule has 0 spiro atoms. The molecule has 40 heavy (non-hydrogen) atoms. The summed E-state index contributed by atoms with van der Waals surface area (Å²) in [4.78, 5) is 41.1. The van der Waals surface area contributed by atoms with Gasteiger partial charge in [0.15, 0.2) is 0 Å². The van der Waals surface area contributed by atoms with E-state index in [9.17, 15) is 14.4 Å². The Morgan fingerprint density at radius 3 is 2.38 bits per heavy atom. The lowest BCUT2D eigenvalue weighted by atomic mass is 10.1. The fourth-order valence-electron chi connectivity index (χ4n) is 5.21. The highest BCUT2D eigenvalue weighted by Crippen LogP contribution is 2.28. The normalized spacial score (nSPS) is 21.3. The van der Waals surface area contributed by atoms with Crippen LogP contribution in [0.5, 0.6) is 0 Å². The number of carbonyl (C=O) groups is 2. The van der Waals surface area contributed by atoms with Crippen LogP contribution in [0.15, 0.2) is 65.6 Å². The van der Waals surface area contributed by atoms with Crippen molar-refractivity contribution in [2.24, 2.45) is 5.92 Å². The van der Waals surface area contributed by atoms with E-state index in [1.165, 1.54) is 22.0 Å². The second-order valence-corrected chi connectivity index (χ2v) is 11.8. The van der Waals surface area contributed by atoms with E-state index in [-0.39, 0.29) is 35.4 Å². The van der Waals surface area contributed by atoms with Gasteiger partial charge in [-0.25, -0.2) is 0 Å². The standard InChI is InChI=1S/C29H33ClN4O5S/c30-26-9-8-25(40-26)29(37)32-24-18-20(19-39-16-13-33-11-14-38-15-12-33)17-23(24)31-28(36)21-4-6-22(7-5-21)34-10-2-1-3-27(34)35/h1-10,20,23-24H,11-19H2,(H,31,36)(H,32,37)/t20-,23-,24+/m0/s1. The number of ether oxygens (including phenoxy) is 2. The first-order valence-corrected chi connectivity index (χ1v) is 14.7. The molecule has 2 aliphatic rings. The van der Waals surface area contributed by atoms with E-state index in [1.54, 1.807) is 54.7 Å². The van der Waals surface area contributed by atoms with Crippen LogP contribution >= 0.6 is 22.9 Å². The van der Waals surface area contributed by atoms with Gasteiger partial charge in [0, 0.05) is 61.8 Å². The molecular weight excluding hydrogens is 552 g/mol. The number of nitrogens with zero attached hydrogens (tertiary/aromatic N) is 2. The highest BCUT2D eigenvalue weighted by molar-refractivity contribution is 7.18. The summed E-state index contributed by atoms with van der Waals surface area (Å²) in [6.07, 6.45) is 3.08. The van der Waals surface area contributed by atoms with E-state index >= 15 is 0 Å². The summed E-state index contributed by atoms with van der Waals surface area (Å²) in [5.41, 5.74) is 1.01. The average Bonchev–Trinajstić information content (AvgIpc) is 3.57. The fraction of sp³-hybridized carbons (Fsp3) is 0.414. The van der Waals surface area contributed by atoms with Gasteiger partial charge in [-0.1, -0.05) is 17.7 Å². The van der Waals surface area contributed by atoms with Crippen molar-refractivity contribution < 1.29 is 19.1 Å². The maximum Gasteiger partial charge on any atom is 0.261 e. The maximum absolute atomic E-state index is 13.2. The summed E-state index contributed by atoms with van der Waals surface area (Å²) >= 11 is 7.26. The van der Waals surface area contributed by atoms with E-state index in [1.807, 2.05) is 0 Å². The Labute approximate surface area is 242 Å². The van der Waals surface area contributed by atoms with E-state index in [2.05, 4.69) is 15.5 Å². The van der Waals surface area contributed by atoms with Crippen LogP contribution in [0.1, 0.15) is 32.9 Å². The monoisotopic (exact) mass is 584 g/mol. The minimum atomic E-state index is -0.254. The molecule has 1 aliphatic heterocycles. The van der Waals surface area contributed by atoms with Gasteiger partial charge in [0.05, 0.1) is 29.0 Å². The first-order valence-electron chi connectivity index (χ1n) is 13.5. The predicted molar refractivity (Wildman–Crippen MR) is 155 cm³/mol. The second-order valence-electron chi connectivity index (χ2n) is 10.1. The molecule has 3 heterocycles. The Kier molecular flexibility index (Phi) is 9.66. The van der Waals surface area contributed by atoms with Gasteiger partial charge >= 0.3 is 0 Å². The number of nitrogens with one attached hydrogen (secondary N) is 2. The number of hydrogen-bond donors (Lipinski definition) is 2. The lowest BCUT2D eigenvalue weighted by Gasteiger charge is -2.26. The molecule has 1 aliphatic carbocycles. The Bertz CT molecular complexity index is 1350. The fourth-order valence-corrected chi connectivity index (χ4v) is 6.15. The van der Waals surface area contributed by atoms with Gasteiger partial charge < -0.3 is 20.1 Å². The predicted octanol–water partition coefficient (Wildman–Crippen LogP) is 3.21. The zero-order valence-electron chi connectivity index (χ0n) is 22.1. The molecule has 0 unspecified atom stereocenters. The molecule has 1 saturated heterocycles. The zero-order valence-corrected chi connectivity index (χ0v) is 23.7. The van der Waals surface area contributed by atoms with E-state index < -0.39 is 0 Å². The second kappa shape index (κ2) is 13.6. The number of aromatic nitrogens is 1. The molecule has 2 fully saturated rings. The van der Waals surface area contributed by atoms with Crippen LogP contribution in [0.25, 0.3) is 5.69 Å². The first-order chi connectivity index (χ1) is 19.5. The van der Waals surface area contributed by atoms with Gasteiger partial charge in [-0.2, -0.15) is 0 Å². The third-order valence-electron chi connectivity index (χ3n) is 7.33. The van der Waals surface area contributed by atoms with Crippen molar-refractivity contribution in [2.45, 2.75) is 24.9 Å². The largest absolute Gasteiger partial charge is 0.380 e. The molecule has 5 rings (SSSR count). The van der Waals surface area contributed by atoms with Crippen LogP contribution in [0.4, 0.5) is 0 Å². The van der Waals surface area contributed by atoms with E-state index in [4.69, 9.17) is 21.1 Å². The Balaban J connectivity index is 1.21. The smallest absolute Gasteiger partial charge is 0.261 e. The zero-order chi connectivity index (χ0) is 27.9. The van der Waals surface area contributed by atoms with Crippen molar-refractivity contribution in [1.82, 2.24) is 20.1 Å². The van der Waals surface area contributed by atoms with Gasteiger partial charge in [0.25, 0.3) is 17.4 Å². The molecule has 2 amide bonds. The summed E-state index contributed by atoms with van der Waals surface area (Å²) in [5.74, 6) is -0.239. The van der Waals surface area contributed by atoms with Crippen molar-refractivity contribution in [3.05, 3.63) is 85.9 Å². The van der Waals surface area contributed by atoms with Crippen molar-refractivity contribution in [3.63, 3.8) is 0 Å². The molecule has 1 aromatic carbocycles. The molecule has 3 aromatic rings. The number of halogens is 1. The van der Waals surface area contributed by atoms with Crippen LogP contribution in [0.2, 0.25) is 4.34 Å². The van der Waals surface area contributed by atoms with Crippen molar-refractivity contribution in [2.75, 3.05) is 46.1 Å². The van der Waals surface area contributed by atoms with Gasteiger partial charge in [-0.3, -0.25) is 23.9 Å². The number of rotatable bonds is 10. The molecule has 11 heteroatoms. The van der Waals surface area contributed by atoms with Crippen LogP contribution in [0, 0.1) is 5.92 Å². The van der Waals surface area contributed by atoms with Crippen molar-refractivity contribution in [3.8, 4) is 5.69 Å². The van der Waals surface area contributed by atoms with Crippen LogP contribution in [-0.4, -0.2) is 79.4 Å². The molecule has 9 nitrogen and oxygen atoms in total. The number of hydrogen-bond acceptors (Lipinski definition) is 7. The molecule has 1 saturated carbocycles. The summed E-state index contributed by atoms with van der Waals surface area (Å²) in [6, 6.07) is 14.8. The molecule has 3 atom stereocenters. The number of thiophene rings is 1. The molecule has 2 aromatic heterocycles. The Morgan fingerprint density at radius 2 is 1.70 bits per heavy atom. The average molecular weight is 585 g/mol. The highest BCUT2D eigenvalue weighted by atomic mass is 35.5. The number of benzene rings is 1. The van der Waals surface area contributed by atoms with Crippen LogP contribution in [0.3, 0.4) is 0 Å². The molecule has 212 valence electrons. The molecule has 0 bridgehead atoms. The van der Waals surface area contributed by atoms with Gasteiger partial charge in [0.1, 0.15) is 0 Å².